The number of rotatable bonds is 1. The molecule has 0 radical (unpaired) electrons. The molecule has 1 amide bonds. The highest BCUT2D eigenvalue weighted by Crippen LogP contribution is 2.19. The van der Waals surface area contributed by atoms with Gasteiger partial charge in [0.15, 0.2) is 0 Å². The van der Waals surface area contributed by atoms with E-state index in [1.807, 2.05) is 0 Å². The number of aryl methyl sites for hydroxylation is 1. The molecule has 1 fully saturated rings. The normalized spacial score (nSPS) is 20.4. The van der Waals surface area contributed by atoms with Crippen LogP contribution in [-0.2, 0) is 0 Å². The van der Waals surface area contributed by atoms with Gasteiger partial charge in [0.05, 0.1) is 6.04 Å². The summed E-state index contributed by atoms with van der Waals surface area (Å²) in [6.45, 7) is 3.22. The lowest BCUT2D eigenvalue weighted by molar-refractivity contribution is 0.129. The molecular weight excluding hydrogens is 223 g/mol. The highest BCUT2D eigenvalue weighted by atomic mass is 19.1. The molecule has 1 saturated heterocycles. The quantitative estimate of drug-likeness (QED) is 0.783. The van der Waals surface area contributed by atoms with E-state index in [0.29, 0.717) is 25.2 Å². The Bertz CT molecular complexity index is 437. The Hall–Kier alpha value is -1.62. The summed E-state index contributed by atoms with van der Waals surface area (Å²) in [4.78, 5) is 12.3. The number of piperazine rings is 1. The van der Waals surface area contributed by atoms with Crippen LogP contribution in [0.5, 0.6) is 0 Å². The number of carbonyl (C=O) groups is 1. The van der Waals surface area contributed by atoms with Gasteiger partial charge in [0.1, 0.15) is 5.82 Å². The van der Waals surface area contributed by atoms with E-state index in [2.05, 4.69) is 5.32 Å². The first-order valence-electron chi connectivity index (χ1n) is 5.55. The van der Waals surface area contributed by atoms with Crippen LogP contribution in [-0.4, -0.2) is 35.7 Å². The summed E-state index contributed by atoms with van der Waals surface area (Å²) in [5, 5.41) is 12.2. The molecule has 0 bridgehead atoms. The third-order valence-electron chi connectivity index (χ3n) is 3.03. The van der Waals surface area contributed by atoms with Gasteiger partial charge in [0, 0.05) is 19.6 Å². The highest BCUT2D eigenvalue weighted by Gasteiger charge is 2.23. The fourth-order valence-electron chi connectivity index (χ4n) is 2.03. The van der Waals surface area contributed by atoms with Gasteiger partial charge < -0.3 is 15.3 Å². The van der Waals surface area contributed by atoms with Gasteiger partial charge in [-0.1, -0.05) is 12.1 Å². The molecule has 1 aromatic carbocycles. The zero-order chi connectivity index (χ0) is 12.4. The summed E-state index contributed by atoms with van der Waals surface area (Å²) < 4.78 is 13.1. The van der Waals surface area contributed by atoms with E-state index in [0.717, 1.165) is 5.56 Å². The molecule has 1 heterocycles. The van der Waals surface area contributed by atoms with Crippen molar-refractivity contribution in [3.8, 4) is 0 Å². The molecule has 0 aliphatic carbocycles. The van der Waals surface area contributed by atoms with Gasteiger partial charge in [-0.3, -0.25) is 0 Å². The summed E-state index contributed by atoms with van der Waals surface area (Å²) in [7, 11) is 0. The minimum Gasteiger partial charge on any atom is -0.465 e. The number of hydrogen-bond donors (Lipinski definition) is 2. The molecule has 1 unspecified atom stereocenters. The predicted molar refractivity (Wildman–Crippen MR) is 61.5 cm³/mol. The minimum atomic E-state index is -0.907. The SMILES string of the molecule is Cc1cc(C2CN(C(=O)O)CCN2)ccc1F. The Morgan fingerprint density at radius 1 is 1.59 bits per heavy atom. The van der Waals surface area contributed by atoms with Crippen LogP contribution < -0.4 is 5.32 Å². The van der Waals surface area contributed by atoms with E-state index in [9.17, 15) is 9.18 Å². The Balaban J connectivity index is 2.16. The van der Waals surface area contributed by atoms with Crippen LogP contribution in [0.3, 0.4) is 0 Å². The molecule has 1 aliphatic rings. The maximum atomic E-state index is 13.1. The average molecular weight is 238 g/mol. The van der Waals surface area contributed by atoms with E-state index in [-0.39, 0.29) is 11.9 Å². The van der Waals surface area contributed by atoms with E-state index in [1.165, 1.54) is 11.0 Å². The second-order valence-corrected chi connectivity index (χ2v) is 4.24. The number of nitrogens with zero attached hydrogens (tertiary/aromatic N) is 1. The fourth-order valence-corrected chi connectivity index (χ4v) is 2.03. The predicted octanol–water partition coefficient (Wildman–Crippen LogP) is 1.76. The Morgan fingerprint density at radius 2 is 2.35 bits per heavy atom. The minimum absolute atomic E-state index is 0.0563. The van der Waals surface area contributed by atoms with Crippen molar-refractivity contribution < 1.29 is 14.3 Å². The standard InChI is InChI=1S/C12H15FN2O2/c1-8-6-9(2-3-10(8)13)11-7-15(12(16)17)5-4-14-11/h2-3,6,11,14H,4-5,7H2,1H3,(H,16,17). The number of benzene rings is 1. The molecule has 17 heavy (non-hydrogen) atoms. The molecule has 5 heteroatoms. The van der Waals surface area contributed by atoms with Crippen LogP contribution in [0.1, 0.15) is 17.2 Å². The zero-order valence-electron chi connectivity index (χ0n) is 9.61. The second kappa shape index (κ2) is 4.71. The zero-order valence-corrected chi connectivity index (χ0v) is 9.61. The van der Waals surface area contributed by atoms with Gasteiger partial charge >= 0.3 is 6.09 Å². The first kappa shape index (κ1) is 11.9. The molecular formula is C12H15FN2O2. The van der Waals surface area contributed by atoms with Crippen molar-refractivity contribution in [1.82, 2.24) is 10.2 Å². The molecule has 1 aromatic rings. The maximum absolute atomic E-state index is 13.1. The summed E-state index contributed by atoms with van der Waals surface area (Å²) in [5.41, 5.74) is 1.51. The largest absolute Gasteiger partial charge is 0.465 e. The second-order valence-electron chi connectivity index (χ2n) is 4.24. The first-order chi connectivity index (χ1) is 8.08. The van der Waals surface area contributed by atoms with Gasteiger partial charge in [-0.2, -0.15) is 0 Å². The molecule has 0 saturated carbocycles. The van der Waals surface area contributed by atoms with Crippen LogP contribution in [0.25, 0.3) is 0 Å². The van der Waals surface area contributed by atoms with Crippen molar-refractivity contribution in [2.24, 2.45) is 0 Å². The van der Waals surface area contributed by atoms with Gasteiger partial charge in [-0.15, -0.1) is 0 Å². The van der Waals surface area contributed by atoms with Gasteiger partial charge in [-0.25, -0.2) is 9.18 Å². The van der Waals surface area contributed by atoms with Crippen LogP contribution in [0.2, 0.25) is 0 Å². The molecule has 1 atom stereocenters. The summed E-state index contributed by atoms with van der Waals surface area (Å²) >= 11 is 0. The van der Waals surface area contributed by atoms with Gasteiger partial charge in [0.25, 0.3) is 0 Å². The van der Waals surface area contributed by atoms with Crippen molar-refractivity contribution in [3.05, 3.63) is 35.1 Å². The van der Waals surface area contributed by atoms with Crippen molar-refractivity contribution in [3.63, 3.8) is 0 Å². The smallest absolute Gasteiger partial charge is 0.407 e. The number of carboxylic acid groups (broad SMARTS) is 1. The molecule has 0 spiro atoms. The lowest BCUT2D eigenvalue weighted by Crippen LogP contribution is -2.47. The summed E-state index contributed by atoms with van der Waals surface area (Å²) in [6, 6.07) is 4.83. The van der Waals surface area contributed by atoms with E-state index in [1.54, 1.807) is 19.1 Å². The third kappa shape index (κ3) is 2.55. The molecule has 2 rings (SSSR count). The number of nitrogens with one attached hydrogen (secondary N) is 1. The average Bonchev–Trinajstić information content (AvgIpc) is 2.33. The molecule has 4 nitrogen and oxygen atoms in total. The fraction of sp³-hybridized carbons (Fsp3) is 0.417. The van der Waals surface area contributed by atoms with Crippen molar-refractivity contribution in [2.75, 3.05) is 19.6 Å². The van der Waals surface area contributed by atoms with Crippen LogP contribution in [0.4, 0.5) is 9.18 Å². The highest BCUT2D eigenvalue weighted by molar-refractivity contribution is 5.65. The summed E-state index contributed by atoms with van der Waals surface area (Å²) in [6.07, 6.45) is -0.907. The number of amides is 1. The molecule has 92 valence electrons. The monoisotopic (exact) mass is 238 g/mol. The lowest BCUT2D eigenvalue weighted by Gasteiger charge is -2.32. The van der Waals surface area contributed by atoms with Gasteiger partial charge in [0.2, 0.25) is 0 Å². The van der Waals surface area contributed by atoms with Crippen molar-refractivity contribution in [2.45, 2.75) is 13.0 Å². The van der Waals surface area contributed by atoms with Crippen molar-refractivity contribution in [1.29, 1.82) is 0 Å². The Kier molecular flexibility index (Phi) is 3.28. The lowest BCUT2D eigenvalue weighted by atomic mass is 10.0. The Labute approximate surface area is 99.0 Å². The van der Waals surface area contributed by atoms with E-state index in [4.69, 9.17) is 5.11 Å². The van der Waals surface area contributed by atoms with E-state index < -0.39 is 6.09 Å². The molecule has 0 aromatic heterocycles. The van der Waals surface area contributed by atoms with Crippen LogP contribution in [0, 0.1) is 12.7 Å². The van der Waals surface area contributed by atoms with Crippen LogP contribution in [0.15, 0.2) is 18.2 Å². The first-order valence-corrected chi connectivity index (χ1v) is 5.55. The third-order valence-corrected chi connectivity index (χ3v) is 3.03. The number of halogens is 1. The van der Waals surface area contributed by atoms with Crippen LogP contribution >= 0.6 is 0 Å². The number of hydrogen-bond acceptors (Lipinski definition) is 2. The van der Waals surface area contributed by atoms with Crippen molar-refractivity contribution >= 4 is 6.09 Å². The summed E-state index contributed by atoms with van der Waals surface area (Å²) in [5.74, 6) is -0.236. The Morgan fingerprint density at radius 3 is 3.00 bits per heavy atom. The van der Waals surface area contributed by atoms with E-state index >= 15 is 0 Å². The maximum Gasteiger partial charge on any atom is 0.407 e. The van der Waals surface area contributed by atoms with Gasteiger partial charge in [-0.05, 0) is 24.1 Å². The molecule has 2 N–H and O–H groups in total. The topological polar surface area (TPSA) is 52.6 Å². The molecule has 1 aliphatic heterocycles.